The van der Waals surface area contributed by atoms with E-state index in [1.807, 2.05) is 12.1 Å². The maximum absolute atomic E-state index is 12.2. The molecule has 0 radical (unpaired) electrons. The van der Waals surface area contributed by atoms with Gasteiger partial charge in [0, 0.05) is 10.2 Å². The fraction of sp³-hybridized carbons (Fsp3) is 0.429. The van der Waals surface area contributed by atoms with Gasteiger partial charge in [0.15, 0.2) is 0 Å². The van der Waals surface area contributed by atoms with Crippen molar-refractivity contribution in [2.45, 2.75) is 39.3 Å². The zero-order valence-electron chi connectivity index (χ0n) is 11.5. The van der Waals surface area contributed by atoms with Gasteiger partial charge in [-0.25, -0.2) is 4.79 Å². The van der Waals surface area contributed by atoms with Gasteiger partial charge in [0.05, 0.1) is 6.04 Å². The van der Waals surface area contributed by atoms with Crippen molar-refractivity contribution in [3.05, 3.63) is 28.7 Å². The lowest BCUT2D eigenvalue weighted by Gasteiger charge is -2.29. The molecule has 0 spiro atoms. The molecule has 4 nitrogen and oxygen atoms in total. The van der Waals surface area contributed by atoms with E-state index in [2.05, 4.69) is 15.9 Å². The number of benzene rings is 1. The summed E-state index contributed by atoms with van der Waals surface area (Å²) in [6, 6.07) is 6.55. The number of ether oxygens (including phenoxy) is 1. The van der Waals surface area contributed by atoms with E-state index in [1.165, 1.54) is 4.90 Å². The van der Waals surface area contributed by atoms with Crippen molar-refractivity contribution in [3.8, 4) is 0 Å². The summed E-state index contributed by atoms with van der Waals surface area (Å²) in [6.45, 7) is 7.02. The fourth-order valence-corrected chi connectivity index (χ4v) is 1.74. The Balaban J connectivity index is 3.05. The molecule has 19 heavy (non-hydrogen) atoms. The Bertz CT molecular complexity index is 451. The minimum atomic E-state index is -0.604. The third-order valence-electron chi connectivity index (χ3n) is 2.30. The van der Waals surface area contributed by atoms with Gasteiger partial charge in [-0.05, 0) is 52.0 Å². The zero-order chi connectivity index (χ0) is 14.6. The minimum absolute atomic E-state index is 0.533. The van der Waals surface area contributed by atoms with E-state index in [9.17, 15) is 9.59 Å². The van der Waals surface area contributed by atoms with Crippen LogP contribution in [-0.2, 0) is 9.53 Å². The molecule has 0 aliphatic carbocycles. The van der Waals surface area contributed by atoms with Gasteiger partial charge in [0.2, 0.25) is 0 Å². The van der Waals surface area contributed by atoms with Gasteiger partial charge in [0.1, 0.15) is 11.9 Å². The summed E-state index contributed by atoms with van der Waals surface area (Å²) in [7, 11) is 0. The molecule has 0 saturated heterocycles. The Morgan fingerprint density at radius 2 is 1.84 bits per heavy atom. The maximum atomic E-state index is 12.2. The number of hydrogen-bond donors (Lipinski definition) is 0. The molecule has 0 bridgehead atoms. The molecule has 0 aromatic heterocycles. The first-order chi connectivity index (χ1) is 8.74. The van der Waals surface area contributed by atoms with Crippen LogP contribution in [0.1, 0.15) is 27.7 Å². The van der Waals surface area contributed by atoms with E-state index in [-0.39, 0.29) is 0 Å². The maximum Gasteiger partial charge on any atom is 0.415 e. The summed E-state index contributed by atoms with van der Waals surface area (Å²) in [6.07, 6.45) is 0.181. The molecule has 1 aromatic rings. The molecule has 1 atom stereocenters. The predicted molar refractivity (Wildman–Crippen MR) is 78.4 cm³/mol. The van der Waals surface area contributed by atoms with Crippen molar-refractivity contribution in [2.75, 3.05) is 4.90 Å². The van der Waals surface area contributed by atoms with Crippen molar-refractivity contribution in [1.82, 2.24) is 0 Å². The molecule has 0 aliphatic heterocycles. The van der Waals surface area contributed by atoms with Crippen LogP contribution >= 0.6 is 15.9 Å². The van der Waals surface area contributed by atoms with Crippen molar-refractivity contribution >= 4 is 34.0 Å². The van der Waals surface area contributed by atoms with E-state index in [1.54, 1.807) is 39.8 Å². The minimum Gasteiger partial charge on any atom is -0.443 e. The van der Waals surface area contributed by atoms with Crippen molar-refractivity contribution in [2.24, 2.45) is 0 Å². The first-order valence-corrected chi connectivity index (χ1v) is 6.77. The highest BCUT2D eigenvalue weighted by Gasteiger charge is 2.27. The lowest BCUT2D eigenvalue weighted by molar-refractivity contribution is -0.108. The number of carbonyl (C=O) groups excluding carboxylic acids is 2. The highest BCUT2D eigenvalue weighted by atomic mass is 79.9. The Morgan fingerprint density at radius 1 is 1.32 bits per heavy atom. The van der Waals surface area contributed by atoms with Crippen LogP contribution in [0.15, 0.2) is 28.7 Å². The Morgan fingerprint density at radius 3 is 2.26 bits per heavy atom. The molecule has 0 saturated carbocycles. The molecule has 1 rings (SSSR count). The van der Waals surface area contributed by atoms with Crippen molar-refractivity contribution in [3.63, 3.8) is 0 Å². The molecule has 104 valence electrons. The number of carbonyl (C=O) groups is 2. The number of aldehydes is 1. The topological polar surface area (TPSA) is 46.6 Å². The molecular formula is C14H18BrNO3. The van der Waals surface area contributed by atoms with Gasteiger partial charge in [-0.1, -0.05) is 15.9 Å². The average molecular weight is 328 g/mol. The molecule has 0 heterocycles. The van der Waals surface area contributed by atoms with E-state index in [0.29, 0.717) is 12.0 Å². The monoisotopic (exact) mass is 327 g/mol. The van der Waals surface area contributed by atoms with Crippen LogP contribution < -0.4 is 4.90 Å². The molecule has 1 amide bonds. The lowest BCUT2D eigenvalue weighted by Crippen LogP contribution is -2.43. The van der Waals surface area contributed by atoms with Crippen molar-refractivity contribution < 1.29 is 14.3 Å². The number of rotatable bonds is 3. The van der Waals surface area contributed by atoms with Gasteiger partial charge in [-0.2, -0.15) is 0 Å². The van der Waals surface area contributed by atoms with Gasteiger partial charge in [-0.3, -0.25) is 4.90 Å². The second kappa shape index (κ2) is 6.19. The molecular weight excluding hydrogens is 310 g/mol. The smallest absolute Gasteiger partial charge is 0.415 e. The number of nitrogens with zero attached hydrogens (tertiary/aromatic N) is 1. The van der Waals surface area contributed by atoms with Crippen LogP contribution in [0.4, 0.5) is 10.5 Å². The molecule has 0 fully saturated rings. The van der Waals surface area contributed by atoms with Gasteiger partial charge in [-0.15, -0.1) is 0 Å². The van der Waals surface area contributed by atoms with Crippen LogP contribution in [0.3, 0.4) is 0 Å². The van der Waals surface area contributed by atoms with Crippen LogP contribution in [0.2, 0.25) is 0 Å². The fourth-order valence-electron chi connectivity index (χ4n) is 1.48. The number of hydrogen-bond acceptors (Lipinski definition) is 3. The van der Waals surface area contributed by atoms with Crippen LogP contribution in [0.25, 0.3) is 0 Å². The standard InChI is InChI=1S/C14H18BrNO3/c1-10(9-17)16(13(18)19-14(2,3)4)12-7-5-11(15)6-8-12/h5-10H,1-4H3/t10-/m1/s1. The summed E-state index contributed by atoms with van der Waals surface area (Å²) in [5, 5.41) is 0. The molecule has 1 aromatic carbocycles. The largest absolute Gasteiger partial charge is 0.443 e. The van der Waals surface area contributed by atoms with Crippen LogP contribution in [-0.4, -0.2) is 24.0 Å². The van der Waals surface area contributed by atoms with Crippen LogP contribution in [0.5, 0.6) is 0 Å². The second-order valence-electron chi connectivity index (χ2n) is 5.20. The quantitative estimate of drug-likeness (QED) is 0.794. The average Bonchev–Trinajstić information content (AvgIpc) is 2.29. The summed E-state index contributed by atoms with van der Waals surface area (Å²) in [5.41, 5.74) is 0.0184. The Hall–Kier alpha value is -1.36. The molecule has 0 aliphatic rings. The lowest BCUT2D eigenvalue weighted by atomic mass is 10.2. The summed E-state index contributed by atoms with van der Waals surface area (Å²) in [4.78, 5) is 24.5. The first-order valence-electron chi connectivity index (χ1n) is 5.97. The predicted octanol–water partition coefficient (Wildman–Crippen LogP) is 3.78. The Kier molecular flexibility index (Phi) is 5.11. The van der Waals surface area contributed by atoms with E-state index in [4.69, 9.17) is 4.74 Å². The van der Waals surface area contributed by atoms with Crippen LogP contribution in [0, 0.1) is 0 Å². The van der Waals surface area contributed by atoms with Gasteiger partial charge >= 0.3 is 6.09 Å². The third kappa shape index (κ3) is 4.67. The highest BCUT2D eigenvalue weighted by Crippen LogP contribution is 2.22. The zero-order valence-corrected chi connectivity index (χ0v) is 13.1. The summed E-state index contributed by atoms with van der Waals surface area (Å²) >= 11 is 3.33. The van der Waals surface area contributed by atoms with E-state index < -0.39 is 17.7 Å². The number of anilines is 1. The summed E-state index contributed by atoms with van der Waals surface area (Å²) < 4.78 is 6.23. The van der Waals surface area contributed by atoms with E-state index >= 15 is 0 Å². The second-order valence-corrected chi connectivity index (χ2v) is 6.12. The summed E-state index contributed by atoms with van der Waals surface area (Å²) in [5.74, 6) is 0. The highest BCUT2D eigenvalue weighted by molar-refractivity contribution is 9.10. The number of amides is 1. The third-order valence-corrected chi connectivity index (χ3v) is 2.83. The van der Waals surface area contributed by atoms with Crippen molar-refractivity contribution in [1.29, 1.82) is 0 Å². The normalized spacial score (nSPS) is 12.7. The van der Waals surface area contributed by atoms with Gasteiger partial charge < -0.3 is 9.53 Å². The van der Waals surface area contributed by atoms with Gasteiger partial charge in [0.25, 0.3) is 0 Å². The number of halogens is 1. The molecule has 0 N–H and O–H groups in total. The van der Waals surface area contributed by atoms with E-state index in [0.717, 1.165) is 4.47 Å². The Labute approximate surface area is 121 Å². The SMILES string of the molecule is C[C@H](C=O)N(C(=O)OC(C)(C)C)c1ccc(Br)cc1. The molecule has 5 heteroatoms. The first kappa shape index (κ1) is 15.7. The molecule has 0 unspecified atom stereocenters.